The van der Waals surface area contributed by atoms with Crippen LogP contribution in [0.4, 0.5) is 17.2 Å². The summed E-state index contributed by atoms with van der Waals surface area (Å²) in [4.78, 5) is 33.5. The number of imidazole rings is 1. The number of amides is 2. The molecule has 2 saturated carbocycles. The number of aliphatic hydroxyl groups excluding tert-OH is 1. The van der Waals surface area contributed by atoms with E-state index in [0.29, 0.717) is 23.2 Å². The molecular formula is C24H30ClN9O3. The molecule has 0 aliphatic heterocycles. The number of anilines is 3. The molecule has 0 radical (unpaired) electrons. The van der Waals surface area contributed by atoms with Crippen molar-refractivity contribution < 1.29 is 14.7 Å². The first-order valence-corrected chi connectivity index (χ1v) is 12.8. The summed E-state index contributed by atoms with van der Waals surface area (Å²) >= 11 is 5.95. The third-order valence-corrected chi connectivity index (χ3v) is 6.79. The Bertz CT molecular complexity index is 1290. The van der Waals surface area contributed by atoms with E-state index < -0.39 is 6.04 Å². The number of pyridine rings is 1. The molecule has 0 unspecified atom stereocenters. The van der Waals surface area contributed by atoms with Crippen molar-refractivity contribution in [2.24, 2.45) is 5.73 Å². The van der Waals surface area contributed by atoms with Crippen molar-refractivity contribution in [1.82, 2.24) is 24.9 Å². The number of rotatable bonds is 9. The number of aliphatic hydroxyl groups is 1. The molecule has 2 aliphatic carbocycles. The van der Waals surface area contributed by atoms with Crippen LogP contribution >= 0.6 is 11.6 Å². The molecule has 5 rings (SSSR count). The van der Waals surface area contributed by atoms with Crippen molar-refractivity contribution >= 4 is 46.3 Å². The molecule has 1 atom stereocenters. The van der Waals surface area contributed by atoms with Gasteiger partial charge in [0.1, 0.15) is 17.0 Å². The summed E-state index contributed by atoms with van der Waals surface area (Å²) in [5.41, 5.74) is 7.80. The molecule has 13 heteroatoms. The summed E-state index contributed by atoms with van der Waals surface area (Å²) in [7, 11) is 0. The highest BCUT2D eigenvalue weighted by molar-refractivity contribution is 6.29. The van der Waals surface area contributed by atoms with E-state index in [9.17, 15) is 9.59 Å². The Kier molecular flexibility index (Phi) is 7.40. The molecule has 7 N–H and O–H groups in total. The Balaban J connectivity index is 1.31. The number of nitrogens with zero attached hydrogens (tertiary/aromatic N) is 4. The zero-order chi connectivity index (χ0) is 25.9. The van der Waals surface area contributed by atoms with E-state index in [2.05, 4.69) is 36.3 Å². The van der Waals surface area contributed by atoms with Crippen molar-refractivity contribution in [3.8, 4) is 0 Å². The Morgan fingerprint density at radius 2 is 1.78 bits per heavy atom. The lowest BCUT2D eigenvalue weighted by molar-refractivity contribution is -0.124. The second kappa shape index (κ2) is 10.9. The van der Waals surface area contributed by atoms with E-state index in [4.69, 9.17) is 22.4 Å². The predicted molar refractivity (Wildman–Crippen MR) is 140 cm³/mol. The van der Waals surface area contributed by atoms with Crippen LogP contribution in [0.2, 0.25) is 5.15 Å². The van der Waals surface area contributed by atoms with Gasteiger partial charge in [-0.25, -0.2) is 14.5 Å². The third kappa shape index (κ3) is 6.09. The van der Waals surface area contributed by atoms with Gasteiger partial charge in [0.25, 0.3) is 5.91 Å². The van der Waals surface area contributed by atoms with Gasteiger partial charge in [-0.1, -0.05) is 11.6 Å². The standard InChI is InChI=1S/C24H30ClN9O3/c25-20-9-16(7-8-27-20)32-24(37)19-11-28-22-18(29-13-1-2-13)10-21(33-34(19)22)30-14-3-5-15(6-4-14)31-23(36)17(26)12-35/h7-11,13-15,17,29,35H,1-6,12,26H2,(H,30,33)(H,31,36)(H,27,32,37)/t14-,15-,17-/m1/s1. The van der Waals surface area contributed by atoms with E-state index >= 15 is 0 Å². The molecule has 0 spiro atoms. The predicted octanol–water partition coefficient (Wildman–Crippen LogP) is 1.76. The topological polar surface area (TPSA) is 172 Å². The fourth-order valence-corrected chi connectivity index (χ4v) is 4.58. The highest BCUT2D eigenvalue weighted by Crippen LogP contribution is 2.30. The zero-order valence-electron chi connectivity index (χ0n) is 20.2. The zero-order valence-corrected chi connectivity index (χ0v) is 20.9. The minimum atomic E-state index is -0.902. The summed E-state index contributed by atoms with van der Waals surface area (Å²) in [5.74, 6) is -0.0691. The maximum absolute atomic E-state index is 13.1. The molecule has 0 saturated heterocycles. The minimum Gasteiger partial charge on any atom is -0.394 e. The largest absolute Gasteiger partial charge is 0.394 e. The molecule has 0 aromatic carbocycles. The highest BCUT2D eigenvalue weighted by Gasteiger charge is 2.27. The average Bonchev–Trinajstić information content (AvgIpc) is 3.59. The van der Waals surface area contributed by atoms with E-state index in [-0.39, 0.29) is 41.4 Å². The van der Waals surface area contributed by atoms with Crippen molar-refractivity contribution in [2.45, 2.75) is 62.7 Å². The Morgan fingerprint density at radius 1 is 1.08 bits per heavy atom. The number of halogens is 1. The van der Waals surface area contributed by atoms with Gasteiger partial charge in [0.15, 0.2) is 11.3 Å². The summed E-state index contributed by atoms with van der Waals surface area (Å²) in [6, 6.07) is 4.81. The molecular weight excluding hydrogens is 498 g/mol. The van der Waals surface area contributed by atoms with Crippen molar-refractivity contribution in [3.05, 3.63) is 41.4 Å². The molecule has 3 aromatic rings. The van der Waals surface area contributed by atoms with Crippen LogP contribution in [0.1, 0.15) is 49.0 Å². The second-order valence-corrected chi connectivity index (χ2v) is 9.94. The highest BCUT2D eigenvalue weighted by atomic mass is 35.5. The molecule has 2 amide bonds. The molecule has 37 heavy (non-hydrogen) atoms. The number of nitrogens with one attached hydrogen (secondary N) is 4. The summed E-state index contributed by atoms with van der Waals surface area (Å²) < 4.78 is 1.55. The SMILES string of the molecule is N[C@H](CO)C(=O)N[C@H]1CC[C@H](Nc2cc(NC3CC3)c3ncc(C(=O)Nc4ccnc(Cl)c4)n3n2)CC1. The van der Waals surface area contributed by atoms with Crippen LogP contribution in [0, 0.1) is 0 Å². The fourth-order valence-electron chi connectivity index (χ4n) is 4.41. The summed E-state index contributed by atoms with van der Waals surface area (Å²) in [6.07, 6.45) is 8.41. The summed E-state index contributed by atoms with van der Waals surface area (Å²) in [5, 5.41) is 26.8. The second-order valence-electron chi connectivity index (χ2n) is 9.55. The maximum Gasteiger partial charge on any atom is 0.276 e. The normalized spacial score (nSPS) is 20.3. The number of hydrogen-bond donors (Lipinski definition) is 6. The Hall–Kier alpha value is -3.48. The Labute approximate surface area is 218 Å². The number of nitrogens with two attached hydrogens (primary N) is 1. The van der Waals surface area contributed by atoms with Crippen molar-refractivity contribution in [3.63, 3.8) is 0 Å². The smallest absolute Gasteiger partial charge is 0.276 e. The van der Waals surface area contributed by atoms with Gasteiger partial charge in [0.2, 0.25) is 5.91 Å². The summed E-state index contributed by atoms with van der Waals surface area (Å²) in [6.45, 7) is -0.376. The van der Waals surface area contributed by atoms with Gasteiger partial charge in [0.05, 0.1) is 18.5 Å². The van der Waals surface area contributed by atoms with Gasteiger partial charge in [-0.05, 0) is 50.7 Å². The van der Waals surface area contributed by atoms with Crippen molar-refractivity contribution in [2.75, 3.05) is 22.6 Å². The number of fused-ring (bicyclic) bond motifs is 1. The lowest BCUT2D eigenvalue weighted by Gasteiger charge is -2.30. The van der Waals surface area contributed by atoms with E-state index in [1.165, 1.54) is 12.4 Å². The van der Waals surface area contributed by atoms with Crippen molar-refractivity contribution in [1.29, 1.82) is 0 Å². The quantitative estimate of drug-likeness (QED) is 0.227. The monoisotopic (exact) mass is 527 g/mol. The van der Waals surface area contributed by atoms with Gasteiger partial charge in [0, 0.05) is 36.1 Å². The molecule has 2 aliphatic rings. The van der Waals surface area contributed by atoms with Gasteiger partial charge in [-0.2, -0.15) is 0 Å². The molecule has 12 nitrogen and oxygen atoms in total. The van der Waals surface area contributed by atoms with Crippen LogP contribution in [0.15, 0.2) is 30.6 Å². The fraction of sp³-hybridized carbons (Fsp3) is 0.458. The lowest BCUT2D eigenvalue weighted by atomic mass is 9.91. The number of carbonyl (C=O) groups excluding carboxylic acids is 2. The van der Waals surface area contributed by atoms with Crippen LogP contribution in [0.5, 0.6) is 0 Å². The van der Waals surface area contributed by atoms with Gasteiger partial charge >= 0.3 is 0 Å². The molecule has 3 aromatic heterocycles. The van der Waals surface area contributed by atoms with Crippen LogP contribution < -0.4 is 27.0 Å². The van der Waals surface area contributed by atoms with Gasteiger partial charge in [-0.3, -0.25) is 9.59 Å². The van der Waals surface area contributed by atoms with Gasteiger partial charge in [-0.15, -0.1) is 5.10 Å². The van der Waals surface area contributed by atoms with Crippen LogP contribution in [0.25, 0.3) is 5.65 Å². The number of carbonyl (C=O) groups is 2. The van der Waals surface area contributed by atoms with Crippen LogP contribution in [0.3, 0.4) is 0 Å². The van der Waals surface area contributed by atoms with Crippen LogP contribution in [-0.2, 0) is 4.79 Å². The number of hydrogen-bond acceptors (Lipinski definition) is 9. The molecule has 3 heterocycles. The third-order valence-electron chi connectivity index (χ3n) is 6.58. The molecule has 0 bridgehead atoms. The van der Waals surface area contributed by atoms with E-state index in [1.54, 1.807) is 16.6 Å². The first-order valence-electron chi connectivity index (χ1n) is 12.4. The average molecular weight is 528 g/mol. The minimum absolute atomic E-state index is 0.0244. The lowest BCUT2D eigenvalue weighted by Crippen LogP contribution is -2.48. The Morgan fingerprint density at radius 3 is 2.49 bits per heavy atom. The van der Waals surface area contributed by atoms with E-state index in [1.807, 2.05) is 6.07 Å². The maximum atomic E-state index is 13.1. The molecule has 196 valence electrons. The van der Waals surface area contributed by atoms with Crippen LogP contribution in [-0.4, -0.2) is 67.3 Å². The van der Waals surface area contributed by atoms with Gasteiger partial charge < -0.3 is 32.1 Å². The number of aromatic nitrogens is 4. The first-order chi connectivity index (χ1) is 17.9. The van der Waals surface area contributed by atoms with E-state index in [0.717, 1.165) is 44.2 Å². The molecule has 2 fully saturated rings. The first kappa shape index (κ1) is 25.2.